The Morgan fingerprint density at radius 2 is 1.83 bits per heavy atom. The van der Waals surface area contributed by atoms with Gasteiger partial charge in [-0.15, -0.1) is 0 Å². The Morgan fingerprint density at radius 1 is 1.06 bits per heavy atom. The van der Waals surface area contributed by atoms with Crippen LogP contribution in [-0.2, 0) is 0 Å². The van der Waals surface area contributed by atoms with Crippen LogP contribution in [0.15, 0.2) is 34.8 Å². The fourth-order valence-electron chi connectivity index (χ4n) is 1.55. The van der Waals surface area contributed by atoms with Crippen LogP contribution in [0.1, 0.15) is 11.3 Å². The van der Waals surface area contributed by atoms with E-state index in [0.29, 0.717) is 17.4 Å². The Balaban J connectivity index is 2.30. The van der Waals surface area contributed by atoms with Crippen LogP contribution in [0.3, 0.4) is 0 Å². The molecule has 0 unspecified atom stereocenters. The molecule has 0 fully saturated rings. The predicted octanol–water partition coefficient (Wildman–Crippen LogP) is 4.26. The number of benzene rings is 1. The molecule has 4 heteroatoms. The number of methoxy groups -OCH3 is 1. The second-order valence-corrected chi connectivity index (χ2v) is 4.83. The topological polar surface area (TPSA) is 31.4 Å². The highest BCUT2D eigenvalue weighted by Crippen LogP contribution is 2.32. The standard InChI is InChI=1S/C14H14BrNO2/c1-9-4-6-12(13(8-9)17-3)18-14-7-5-11(15)10(2)16-14/h4-8H,1-3H3. The second-order valence-electron chi connectivity index (χ2n) is 3.97. The van der Waals surface area contributed by atoms with Crippen molar-refractivity contribution in [1.29, 1.82) is 0 Å². The van der Waals surface area contributed by atoms with Gasteiger partial charge in [-0.3, -0.25) is 0 Å². The van der Waals surface area contributed by atoms with E-state index in [0.717, 1.165) is 15.7 Å². The average molecular weight is 308 g/mol. The Bertz CT molecular complexity index is 570. The number of rotatable bonds is 3. The number of hydrogen-bond acceptors (Lipinski definition) is 3. The van der Waals surface area contributed by atoms with E-state index in [1.807, 2.05) is 44.2 Å². The van der Waals surface area contributed by atoms with Crippen LogP contribution in [0.4, 0.5) is 0 Å². The lowest BCUT2D eigenvalue weighted by Crippen LogP contribution is -1.94. The summed E-state index contributed by atoms with van der Waals surface area (Å²) in [7, 11) is 1.63. The molecule has 18 heavy (non-hydrogen) atoms. The molecule has 2 rings (SSSR count). The van der Waals surface area contributed by atoms with Crippen molar-refractivity contribution in [2.24, 2.45) is 0 Å². The summed E-state index contributed by atoms with van der Waals surface area (Å²) in [5.74, 6) is 1.92. The van der Waals surface area contributed by atoms with E-state index in [-0.39, 0.29) is 0 Å². The van der Waals surface area contributed by atoms with Crippen molar-refractivity contribution in [3.63, 3.8) is 0 Å². The third-order valence-electron chi connectivity index (χ3n) is 2.53. The molecule has 0 saturated carbocycles. The summed E-state index contributed by atoms with van der Waals surface area (Å²) >= 11 is 3.41. The van der Waals surface area contributed by atoms with E-state index in [1.165, 1.54) is 0 Å². The van der Waals surface area contributed by atoms with Crippen molar-refractivity contribution >= 4 is 15.9 Å². The van der Waals surface area contributed by atoms with E-state index < -0.39 is 0 Å². The molecular weight excluding hydrogens is 294 g/mol. The van der Waals surface area contributed by atoms with Gasteiger partial charge in [-0.05, 0) is 53.5 Å². The highest BCUT2D eigenvalue weighted by molar-refractivity contribution is 9.10. The van der Waals surface area contributed by atoms with Gasteiger partial charge in [0.05, 0.1) is 12.8 Å². The summed E-state index contributed by atoms with van der Waals surface area (Å²) in [5, 5.41) is 0. The molecule has 1 aromatic carbocycles. The first-order valence-electron chi connectivity index (χ1n) is 5.56. The first-order chi connectivity index (χ1) is 8.60. The van der Waals surface area contributed by atoms with Crippen LogP contribution in [0.2, 0.25) is 0 Å². The molecule has 0 spiro atoms. The number of ether oxygens (including phenoxy) is 2. The highest BCUT2D eigenvalue weighted by Gasteiger charge is 2.07. The van der Waals surface area contributed by atoms with Gasteiger partial charge in [0.2, 0.25) is 5.88 Å². The zero-order valence-electron chi connectivity index (χ0n) is 10.5. The molecule has 1 aromatic heterocycles. The van der Waals surface area contributed by atoms with Crippen molar-refractivity contribution in [3.8, 4) is 17.4 Å². The van der Waals surface area contributed by atoms with E-state index in [1.54, 1.807) is 7.11 Å². The third-order valence-corrected chi connectivity index (χ3v) is 3.37. The molecule has 0 saturated heterocycles. The fraction of sp³-hybridized carbons (Fsp3) is 0.214. The maximum atomic E-state index is 5.73. The quantitative estimate of drug-likeness (QED) is 0.849. The van der Waals surface area contributed by atoms with Crippen LogP contribution in [0.5, 0.6) is 17.4 Å². The number of aryl methyl sites for hydroxylation is 2. The monoisotopic (exact) mass is 307 g/mol. The molecular formula is C14H14BrNO2. The van der Waals surface area contributed by atoms with Gasteiger partial charge in [0.1, 0.15) is 0 Å². The molecule has 0 aliphatic carbocycles. The summed E-state index contributed by atoms with van der Waals surface area (Å²) in [5.41, 5.74) is 2.01. The molecule has 2 aromatic rings. The molecule has 1 heterocycles. The lowest BCUT2D eigenvalue weighted by atomic mass is 10.2. The van der Waals surface area contributed by atoms with Crippen LogP contribution in [0, 0.1) is 13.8 Å². The minimum absolute atomic E-state index is 0.554. The molecule has 0 aliphatic rings. The van der Waals surface area contributed by atoms with Gasteiger partial charge in [-0.1, -0.05) is 6.07 Å². The van der Waals surface area contributed by atoms with E-state index in [2.05, 4.69) is 20.9 Å². The molecule has 0 amide bonds. The van der Waals surface area contributed by atoms with E-state index in [9.17, 15) is 0 Å². The lowest BCUT2D eigenvalue weighted by molar-refractivity contribution is 0.373. The molecule has 0 N–H and O–H groups in total. The SMILES string of the molecule is COc1cc(C)ccc1Oc1ccc(Br)c(C)n1. The Hall–Kier alpha value is -1.55. The number of hydrogen-bond donors (Lipinski definition) is 0. The van der Waals surface area contributed by atoms with Gasteiger partial charge >= 0.3 is 0 Å². The van der Waals surface area contributed by atoms with Gasteiger partial charge in [0.25, 0.3) is 0 Å². The second kappa shape index (κ2) is 5.40. The molecule has 94 valence electrons. The maximum absolute atomic E-state index is 5.73. The minimum Gasteiger partial charge on any atom is -0.493 e. The summed E-state index contributed by atoms with van der Waals surface area (Å²) in [4.78, 5) is 4.34. The zero-order valence-corrected chi connectivity index (χ0v) is 12.1. The zero-order chi connectivity index (χ0) is 13.1. The lowest BCUT2D eigenvalue weighted by Gasteiger charge is -2.10. The minimum atomic E-state index is 0.554. The Kier molecular flexibility index (Phi) is 3.87. The van der Waals surface area contributed by atoms with Gasteiger partial charge in [-0.2, -0.15) is 0 Å². The third kappa shape index (κ3) is 2.82. The van der Waals surface area contributed by atoms with Crippen molar-refractivity contribution in [1.82, 2.24) is 4.98 Å². The molecule has 3 nitrogen and oxygen atoms in total. The summed E-state index contributed by atoms with van der Waals surface area (Å²) in [6.07, 6.45) is 0. The van der Waals surface area contributed by atoms with E-state index in [4.69, 9.17) is 9.47 Å². The van der Waals surface area contributed by atoms with Gasteiger partial charge in [0, 0.05) is 10.5 Å². The van der Waals surface area contributed by atoms with E-state index >= 15 is 0 Å². The highest BCUT2D eigenvalue weighted by atomic mass is 79.9. The normalized spacial score (nSPS) is 10.2. The molecule has 0 bridgehead atoms. The predicted molar refractivity (Wildman–Crippen MR) is 74.5 cm³/mol. The van der Waals surface area contributed by atoms with Crippen molar-refractivity contribution in [3.05, 3.63) is 46.1 Å². The number of aromatic nitrogens is 1. The Morgan fingerprint density at radius 3 is 2.50 bits per heavy atom. The number of pyridine rings is 1. The first kappa shape index (κ1) is 12.9. The largest absolute Gasteiger partial charge is 0.493 e. The van der Waals surface area contributed by atoms with Crippen LogP contribution in [0.25, 0.3) is 0 Å². The Labute approximate surface area is 115 Å². The molecule has 0 aliphatic heterocycles. The van der Waals surface area contributed by atoms with Crippen LogP contribution in [-0.4, -0.2) is 12.1 Å². The number of nitrogens with zero attached hydrogens (tertiary/aromatic N) is 1. The summed E-state index contributed by atoms with van der Waals surface area (Å²) in [6.45, 7) is 3.93. The van der Waals surface area contributed by atoms with Crippen molar-refractivity contribution < 1.29 is 9.47 Å². The molecule has 0 atom stereocenters. The maximum Gasteiger partial charge on any atom is 0.219 e. The fourth-order valence-corrected chi connectivity index (χ4v) is 1.77. The average Bonchev–Trinajstić information content (AvgIpc) is 2.36. The van der Waals surface area contributed by atoms with Crippen molar-refractivity contribution in [2.75, 3.05) is 7.11 Å². The van der Waals surface area contributed by atoms with Gasteiger partial charge in [-0.25, -0.2) is 4.98 Å². The first-order valence-corrected chi connectivity index (χ1v) is 6.35. The smallest absolute Gasteiger partial charge is 0.219 e. The van der Waals surface area contributed by atoms with Crippen molar-refractivity contribution in [2.45, 2.75) is 13.8 Å². The summed E-state index contributed by atoms with van der Waals surface area (Å²) < 4.78 is 12.0. The summed E-state index contributed by atoms with van der Waals surface area (Å²) in [6, 6.07) is 9.52. The van der Waals surface area contributed by atoms with Crippen LogP contribution < -0.4 is 9.47 Å². The number of halogens is 1. The van der Waals surface area contributed by atoms with Gasteiger partial charge in [0.15, 0.2) is 11.5 Å². The van der Waals surface area contributed by atoms with Crippen LogP contribution >= 0.6 is 15.9 Å². The molecule has 0 radical (unpaired) electrons. The van der Waals surface area contributed by atoms with Gasteiger partial charge < -0.3 is 9.47 Å².